The molecule has 44 heavy (non-hydrogen) atoms. The molecule has 0 radical (unpaired) electrons. The Labute approximate surface area is 258 Å². The van der Waals surface area contributed by atoms with Gasteiger partial charge in [0.15, 0.2) is 11.7 Å². The molecule has 4 atom stereocenters. The van der Waals surface area contributed by atoms with Crippen LogP contribution in [-0.4, -0.2) is 83.2 Å². The average molecular weight is 659 g/mol. The highest BCUT2D eigenvalue weighted by atomic mass is 35.5. The predicted octanol–water partition coefficient (Wildman–Crippen LogP) is 4.63. The maximum atomic E-state index is 14.2. The molecule has 3 aliphatic rings. The first-order valence-corrected chi connectivity index (χ1v) is 16.1. The molecule has 240 valence electrons. The van der Waals surface area contributed by atoms with E-state index in [1.54, 1.807) is 12.1 Å². The SMILES string of the molecule is COc1cc(C2OC2NC2CCN(C)CC2)ccc1NC1=NC(C)(Oc2c(Cl)cccc2NS(C)(=O)=O)C(C(F)(F)F)C=N1. The zero-order chi connectivity index (χ0) is 31.9. The molecule has 0 spiro atoms. The van der Waals surface area contributed by atoms with Crippen LogP contribution >= 0.6 is 11.6 Å². The third-order valence-electron chi connectivity index (χ3n) is 7.59. The van der Waals surface area contributed by atoms with Gasteiger partial charge in [0.2, 0.25) is 21.7 Å². The lowest BCUT2D eigenvalue weighted by Crippen LogP contribution is -2.50. The smallest absolute Gasteiger partial charge is 0.402 e. The topological polar surface area (TPSA) is 129 Å². The van der Waals surface area contributed by atoms with Crippen molar-refractivity contribution >= 4 is 45.2 Å². The van der Waals surface area contributed by atoms with E-state index in [1.165, 1.54) is 25.3 Å². The number of piperidine rings is 1. The molecule has 0 aromatic heterocycles. The molecule has 16 heteroatoms. The van der Waals surface area contributed by atoms with E-state index in [2.05, 4.69) is 37.3 Å². The number of nitrogens with one attached hydrogen (secondary N) is 3. The summed E-state index contributed by atoms with van der Waals surface area (Å²) in [6, 6.07) is 9.82. The first-order chi connectivity index (χ1) is 20.6. The highest BCUT2D eigenvalue weighted by Crippen LogP contribution is 2.44. The first kappa shape index (κ1) is 32.3. The molecule has 0 amide bonds. The summed E-state index contributed by atoms with van der Waals surface area (Å²) in [5.41, 5.74) is -1.18. The number of hydrogen-bond donors (Lipinski definition) is 3. The Morgan fingerprint density at radius 1 is 1.16 bits per heavy atom. The maximum Gasteiger partial charge on any atom is 0.402 e. The summed E-state index contributed by atoms with van der Waals surface area (Å²) < 4.78 is 85.7. The van der Waals surface area contributed by atoms with Crippen LogP contribution in [0.3, 0.4) is 0 Å². The Bertz CT molecular complexity index is 1550. The summed E-state index contributed by atoms with van der Waals surface area (Å²) in [4.78, 5) is 10.4. The number of benzene rings is 2. The molecule has 3 heterocycles. The van der Waals surface area contributed by atoms with Crippen LogP contribution in [0.15, 0.2) is 46.4 Å². The van der Waals surface area contributed by atoms with Crippen molar-refractivity contribution < 1.29 is 35.8 Å². The molecule has 2 saturated heterocycles. The molecule has 2 aromatic carbocycles. The van der Waals surface area contributed by atoms with Crippen LogP contribution in [0.4, 0.5) is 24.5 Å². The molecule has 4 unspecified atom stereocenters. The number of guanidine groups is 1. The number of ether oxygens (including phenoxy) is 3. The number of para-hydroxylation sites is 1. The van der Waals surface area contributed by atoms with Gasteiger partial charge < -0.3 is 24.4 Å². The summed E-state index contributed by atoms with van der Waals surface area (Å²) in [6.45, 7) is 3.18. The van der Waals surface area contributed by atoms with Gasteiger partial charge in [0.1, 0.15) is 18.1 Å². The number of epoxide rings is 1. The standard InChI is InChI=1S/C28H34ClF3N6O5S/c1-27(43-24-18(29)6-5-7-20(24)37-44(4,39)40)22(28(30,31)32)15-33-26(36-27)35-19-9-8-16(14-21(19)41-3)23-25(42-23)34-17-10-12-38(2)13-11-17/h5-9,14-15,17,22-23,25,34,37H,10-13H2,1-4H3,(H,35,36). The van der Waals surface area contributed by atoms with Crippen LogP contribution in [0.1, 0.15) is 31.4 Å². The van der Waals surface area contributed by atoms with Gasteiger partial charge in [-0.15, -0.1) is 0 Å². The van der Waals surface area contributed by atoms with E-state index in [4.69, 9.17) is 25.8 Å². The van der Waals surface area contributed by atoms with Gasteiger partial charge in [0.05, 0.1) is 29.8 Å². The van der Waals surface area contributed by atoms with Crippen LogP contribution in [0.2, 0.25) is 5.02 Å². The zero-order valence-electron chi connectivity index (χ0n) is 24.5. The third-order valence-corrected chi connectivity index (χ3v) is 8.47. The summed E-state index contributed by atoms with van der Waals surface area (Å²) in [5, 5.41) is 6.36. The molecule has 11 nitrogen and oxygen atoms in total. The summed E-state index contributed by atoms with van der Waals surface area (Å²) >= 11 is 6.25. The number of halogens is 4. The molecule has 3 N–H and O–H groups in total. The number of anilines is 2. The normalized spacial score (nSPS) is 26.2. The van der Waals surface area contributed by atoms with Crippen molar-refractivity contribution in [1.29, 1.82) is 0 Å². The average Bonchev–Trinajstić information content (AvgIpc) is 3.69. The molecule has 2 aromatic rings. The van der Waals surface area contributed by atoms with E-state index >= 15 is 0 Å². The van der Waals surface area contributed by atoms with Crippen molar-refractivity contribution in [2.24, 2.45) is 15.9 Å². The van der Waals surface area contributed by atoms with Crippen LogP contribution in [0.25, 0.3) is 0 Å². The van der Waals surface area contributed by atoms with Crippen molar-refractivity contribution in [2.75, 3.05) is 43.5 Å². The second-order valence-electron chi connectivity index (χ2n) is 11.2. The summed E-state index contributed by atoms with van der Waals surface area (Å²) in [5.74, 6) is -2.38. The Balaban J connectivity index is 1.36. The fourth-order valence-electron chi connectivity index (χ4n) is 5.23. The monoisotopic (exact) mass is 658 g/mol. The van der Waals surface area contributed by atoms with Crippen LogP contribution in [0, 0.1) is 5.92 Å². The van der Waals surface area contributed by atoms with E-state index < -0.39 is 27.8 Å². The first-order valence-electron chi connectivity index (χ1n) is 13.9. The van der Waals surface area contributed by atoms with Crippen molar-refractivity contribution in [1.82, 2.24) is 10.2 Å². The van der Waals surface area contributed by atoms with Gasteiger partial charge in [-0.1, -0.05) is 23.7 Å². The predicted molar refractivity (Wildman–Crippen MR) is 162 cm³/mol. The lowest BCUT2D eigenvalue weighted by molar-refractivity contribution is -0.191. The van der Waals surface area contributed by atoms with E-state index in [-0.39, 0.29) is 34.8 Å². The lowest BCUT2D eigenvalue weighted by atomic mass is 9.97. The van der Waals surface area contributed by atoms with Gasteiger partial charge in [-0.3, -0.25) is 10.0 Å². The van der Waals surface area contributed by atoms with E-state index in [9.17, 15) is 21.6 Å². The number of nitrogens with zero attached hydrogens (tertiary/aromatic N) is 3. The molecule has 3 aliphatic heterocycles. The van der Waals surface area contributed by atoms with Crippen molar-refractivity contribution in [3.63, 3.8) is 0 Å². The second-order valence-corrected chi connectivity index (χ2v) is 13.3. The molecular formula is C28H34ClF3N6O5S. The van der Waals surface area contributed by atoms with Crippen LogP contribution in [0.5, 0.6) is 11.5 Å². The van der Waals surface area contributed by atoms with Crippen molar-refractivity contribution in [3.8, 4) is 11.5 Å². The Kier molecular flexibility index (Phi) is 9.06. The number of aliphatic imine (C=N–C) groups is 2. The fraction of sp³-hybridized carbons (Fsp3) is 0.500. The molecule has 2 fully saturated rings. The summed E-state index contributed by atoms with van der Waals surface area (Å²) in [7, 11) is -0.233. The molecular weight excluding hydrogens is 625 g/mol. The van der Waals surface area contributed by atoms with Crippen molar-refractivity contribution in [2.45, 2.75) is 50.0 Å². The largest absolute Gasteiger partial charge is 0.495 e. The number of likely N-dealkylation sites (tertiary alicyclic amines) is 1. The minimum absolute atomic E-state index is 0.108. The van der Waals surface area contributed by atoms with Gasteiger partial charge in [0, 0.05) is 12.3 Å². The van der Waals surface area contributed by atoms with Gasteiger partial charge >= 0.3 is 6.18 Å². The zero-order valence-corrected chi connectivity index (χ0v) is 26.1. The number of alkyl halides is 3. The molecule has 0 aliphatic carbocycles. The van der Waals surface area contributed by atoms with E-state index in [0.29, 0.717) is 23.7 Å². The lowest BCUT2D eigenvalue weighted by Gasteiger charge is -2.36. The number of sulfonamides is 1. The molecule has 0 saturated carbocycles. The Hall–Kier alpha value is -3.11. The van der Waals surface area contributed by atoms with Gasteiger partial charge in [-0.25, -0.2) is 18.4 Å². The number of rotatable bonds is 9. The second kappa shape index (κ2) is 12.4. The number of hydrogen-bond acceptors (Lipinski definition) is 10. The highest BCUT2D eigenvalue weighted by molar-refractivity contribution is 7.92. The van der Waals surface area contributed by atoms with Gasteiger partial charge in [-0.2, -0.15) is 13.2 Å². The minimum Gasteiger partial charge on any atom is -0.495 e. The molecule has 0 bridgehead atoms. The third kappa shape index (κ3) is 7.57. The summed E-state index contributed by atoms with van der Waals surface area (Å²) in [6.07, 6.45) is -1.40. The van der Waals surface area contributed by atoms with E-state index in [0.717, 1.165) is 44.7 Å². The van der Waals surface area contributed by atoms with E-state index in [1.807, 2.05) is 6.07 Å². The quantitative estimate of drug-likeness (QED) is 0.333. The number of methoxy groups -OCH3 is 1. The molecule has 5 rings (SSSR count). The highest BCUT2D eigenvalue weighted by Gasteiger charge is 2.54. The fourth-order valence-corrected chi connectivity index (χ4v) is 6.01. The Morgan fingerprint density at radius 2 is 1.89 bits per heavy atom. The maximum absolute atomic E-state index is 14.2. The Morgan fingerprint density at radius 3 is 2.55 bits per heavy atom. The van der Waals surface area contributed by atoms with Crippen LogP contribution < -0.4 is 24.8 Å². The van der Waals surface area contributed by atoms with Crippen LogP contribution in [-0.2, 0) is 14.8 Å². The van der Waals surface area contributed by atoms with Gasteiger partial charge in [-0.05, 0) is 69.7 Å². The minimum atomic E-state index is -4.80. The van der Waals surface area contributed by atoms with Gasteiger partial charge in [0.25, 0.3) is 0 Å². The van der Waals surface area contributed by atoms with Crippen molar-refractivity contribution in [3.05, 3.63) is 47.0 Å².